The van der Waals surface area contributed by atoms with Crippen molar-refractivity contribution in [1.29, 1.82) is 0 Å². The molecule has 1 amide bonds. The number of sulfone groups is 1. The Morgan fingerprint density at radius 2 is 1.80 bits per heavy atom. The minimum Gasteiger partial charge on any atom is -0.323 e. The van der Waals surface area contributed by atoms with Crippen LogP contribution in [0.5, 0.6) is 0 Å². The van der Waals surface area contributed by atoms with E-state index >= 15 is 0 Å². The molecule has 0 aliphatic heterocycles. The van der Waals surface area contributed by atoms with Gasteiger partial charge in [-0.1, -0.05) is 31.4 Å². The molecule has 0 atom stereocenters. The first-order chi connectivity index (χ1) is 9.33. The number of nitrogens with one attached hydrogen (secondary N) is 1. The molecule has 110 valence electrons. The first-order valence-corrected chi connectivity index (χ1v) is 8.61. The average Bonchev–Trinajstić information content (AvgIpc) is 2.39. The van der Waals surface area contributed by atoms with Gasteiger partial charge in [0, 0.05) is 6.26 Å². The summed E-state index contributed by atoms with van der Waals surface area (Å²) in [6.45, 7) is 0. The molecule has 0 unspecified atom stereocenters. The van der Waals surface area contributed by atoms with Gasteiger partial charge in [-0.2, -0.15) is 0 Å². The quantitative estimate of drug-likeness (QED) is 0.888. The van der Waals surface area contributed by atoms with Crippen LogP contribution in [0.4, 0.5) is 5.69 Å². The van der Waals surface area contributed by atoms with Crippen LogP contribution in [0.2, 0.25) is 0 Å². The number of para-hydroxylation sites is 1. The van der Waals surface area contributed by atoms with E-state index in [1.165, 1.54) is 6.07 Å². The summed E-state index contributed by atoms with van der Waals surface area (Å²) >= 11 is 0. The lowest BCUT2D eigenvalue weighted by Crippen LogP contribution is -2.52. The van der Waals surface area contributed by atoms with E-state index in [0.717, 1.165) is 25.5 Å². The Labute approximate surface area is 119 Å². The summed E-state index contributed by atoms with van der Waals surface area (Å²) in [6.07, 6.45) is 5.35. The predicted octanol–water partition coefficient (Wildman–Crippen LogP) is 1.69. The molecule has 1 aliphatic rings. The van der Waals surface area contributed by atoms with Crippen molar-refractivity contribution in [2.24, 2.45) is 5.73 Å². The fourth-order valence-electron chi connectivity index (χ4n) is 2.55. The van der Waals surface area contributed by atoms with Crippen LogP contribution in [-0.4, -0.2) is 26.1 Å². The smallest absolute Gasteiger partial charge is 0.244 e. The molecule has 6 heteroatoms. The molecule has 20 heavy (non-hydrogen) atoms. The Morgan fingerprint density at radius 1 is 1.20 bits per heavy atom. The maximum atomic E-state index is 12.3. The van der Waals surface area contributed by atoms with E-state index in [4.69, 9.17) is 5.73 Å². The predicted molar refractivity (Wildman–Crippen MR) is 78.2 cm³/mol. The molecule has 0 aromatic heterocycles. The first kappa shape index (κ1) is 15.0. The van der Waals surface area contributed by atoms with Gasteiger partial charge in [-0.3, -0.25) is 4.79 Å². The lowest BCUT2D eigenvalue weighted by atomic mass is 9.82. The summed E-state index contributed by atoms with van der Waals surface area (Å²) in [5.74, 6) is -0.298. The minimum absolute atomic E-state index is 0.118. The third kappa shape index (κ3) is 3.19. The van der Waals surface area contributed by atoms with E-state index in [1.807, 2.05) is 0 Å². The number of benzene rings is 1. The Hall–Kier alpha value is -1.40. The van der Waals surface area contributed by atoms with Crippen LogP contribution in [-0.2, 0) is 14.6 Å². The summed E-state index contributed by atoms with van der Waals surface area (Å²) in [6, 6.07) is 6.38. The molecule has 0 radical (unpaired) electrons. The van der Waals surface area contributed by atoms with Gasteiger partial charge in [-0.25, -0.2) is 8.42 Å². The second-order valence-electron chi connectivity index (χ2n) is 5.44. The highest BCUT2D eigenvalue weighted by atomic mass is 32.2. The number of carbonyl (C=O) groups is 1. The molecule has 1 saturated carbocycles. The Bertz CT molecular complexity index is 605. The summed E-state index contributed by atoms with van der Waals surface area (Å²) < 4.78 is 23.4. The molecule has 0 saturated heterocycles. The monoisotopic (exact) mass is 296 g/mol. The number of amides is 1. The van der Waals surface area contributed by atoms with Crippen molar-refractivity contribution in [2.75, 3.05) is 11.6 Å². The van der Waals surface area contributed by atoms with E-state index < -0.39 is 15.4 Å². The number of hydrogen-bond donors (Lipinski definition) is 2. The van der Waals surface area contributed by atoms with Crippen LogP contribution in [0.15, 0.2) is 29.2 Å². The van der Waals surface area contributed by atoms with Gasteiger partial charge in [0.1, 0.15) is 0 Å². The first-order valence-electron chi connectivity index (χ1n) is 6.72. The summed E-state index contributed by atoms with van der Waals surface area (Å²) in [7, 11) is -3.39. The van der Waals surface area contributed by atoms with Gasteiger partial charge in [0.25, 0.3) is 0 Å². The summed E-state index contributed by atoms with van der Waals surface area (Å²) in [5.41, 5.74) is 5.56. The highest BCUT2D eigenvalue weighted by Gasteiger charge is 2.35. The third-order valence-corrected chi connectivity index (χ3v) is 4.89. The molecule has 5 nitrogen and oxygen atoms in total. The van der Waals surface area contributed by atoms with Crippen LogP contribution < -0.4 is 11.1 Å². The largest absolute Gasteiger partial charge is 0.323 e. The van der Waals surface area contributed by atoms with Crippen LogP contribution in [0.3, 0.4) is 0 Å². The van der Waals surface area contributed by atoms with Crippen LogP contribution in [0.25, 0.3) is 0 Å². The Morgan fingerprint density at radius 3 is 2.40 bits per heavy atom. The molecular formula is C14H20N2O3S. The molecule has 0 heterocycles. The molecule has 1 aromatic rings. The van der Waals surface area contributed by atoms with Crippen molar-refractivity contribution < 1.29 is 13.2 Å². The van der Waals surface area contributed by atoms with Crippen molar-refractivity contribution in [1.82, 2.24) is 0 Å². The fraction of sp³-hybridized carbons (Fsp3) is 0.500. The van der Waals surface area contributed by atoms with Crippen molar-refractivity contribution >= 4 is 21.4 Å². The maximum absolute atomic E-state index is 12.3. The maximum Gasteiger partial charge on any atom is 0.244 e. The molecular weight excluding hydrogens is 276 g/mol. The molecule has 1 aromatic carbocycles. The van der Waals surface area contributed by atoms with Gasteiger partial charge >= 0.3 is 0 Å². The van der Waals surface area contributed by atoms with E-state index in [0.29, 0.717) is 18.5 Å². The van der Waals surface area contributed by atoms with Gasteiger partial charge in [-0.05, 0) is 25.0 Å². The molecule has 1 fully saturated rings. The third-order valence-electron chi connectivity index (χ3n) is 3.73. The van der Waals surface area contributed by atoms with Crippen LogP contribution in [0, 0.1) is 0 Å². The number of nitrogens with two attached hydrogens (primary N) is 1. The fourth-order valence-corrected chi connectivity index (χ4v) is 3.39. The summed E-state index contributed by atoms with van der Waals surface area (Å²) in [4.78, 5) is 12.5. The van der Waals surface area contributed by atoms with Crippen LogP contribution >= 0.6 is 0 Å². The van der Waals surface area contributed by atoms with Crippen molar-refractivity contribution in [3.63, 3.8) is 0 Å². The van der Waals surface area contributed by atoms with E-state index in [1.54, 1.807) is 18.2 Å². The minimum atomic E-state index is -3.39. The second-order valence-corrected chi connectivity index (χ2v) is 7.42. The number of rotatable bonds is 3. The topological polar surface area (TPSA) is 89.3 Å². The Balaban J connectivity index is 2.24. The van der Waals surface area contributed by atoms with E-state index in [2.05, 4.69) is 5.32 Å². The molecule has 2 rings (SSSR count). The van der Waals surface area contributed by atoms with E-state index in [9.17, 15) is 13.2 Å². The van der Waals surface area contributed by atoms with Gasteiger partial charge in [0.2, 0.25) is 5.91 Å². The number of carbonyl (C=O) groups excluding carboxylic acids is 1. The van der Waals surface area contributed by atoms with Crippen molar-refractivity contribution in [3.8, 4) is 0 Å². The lowest BCUT2D eigenvalue weighted by molar-refractivity contribution is -0.122. The standard InChI is InChI=1S/C14H20N2O3S/c1-20(18,19)12-8-4-3-7-11(12)16-13(17)14(15)9-5-2-6-10-14/h3-4,7-8H,2,5-6,9-10,15H2,1H3,(H,16,17). The highest BCUT2D eigenvalue weighted by molar-refractivity contribution is 7.90. The molecule has 0 bridgehead atoms. The normalized spacial score (nSPS) is 18.5. The zero-order valence-corrected chi connectivity index (χ0v) is 12.4. The van der Waals surface area contributed by atoms with Gasteiger partial charge < -0.3 is 11.1 Å². The zero-order valence-electron chi connectivity index (χ0n) is 11.6. The SMILES string of the molecule is CS(=O)(=O)c1ccccc1NC(=O)C1(N)CCCCC1. The average molecular weight is 296 g/mol. The zero-order chi connectivity index (χ0) is 14.8. The van der Waals surface area contributed by atoms with Crippen molar-refractivity contribution in [2.45, 2.75) is 42.5 Å². The Kier molecular flexibility index (Phi) is 4.15. The van der Waals surface area contributed by atoms with Gasteiger partial charge in [-0.15, -0.1) is 0 Å². The van der Waals surface area contributed by atoms with Gasteiger partial charge in [0.15, 0.2) is 9.84 Å². The van der Waals surface area contributed by atoms with Gasteiger partial charge in [0.05, 0.1) is 16.1 Å². The van der Waals surface area contributed by atoms with E-state index in [-0.39, 0.29) is 10.8 Å². The number of hydrogen-bond acceptors (Lipinski definition) is 4. The lowest BCUT2D eigenvalue weighted by Gasteiger charge is -2.32. The summed E-state index contributed by atoms with van der Waals surface area (Å²) in [5, 5.41) is 2.68. The van der Waals surface area contributed by atoms with Crippen LogP contribution in [0.1, 0.15) is 32.1 Å². The molecule has 3 N–H and O–H groups in total. The number of anilines is 1. The van der Waals surface area contributed by atoms with Crippen molar-refractivity contribution in [3.05, 3.63) is 24.3 Å². The highest BCUT2D eigenvalue weighted by Crippen LogP contribution is 2.28. The molecule has 1 aliphatic carbocycles. The molecule has 0 spiro atoms. The second kappa shape index (κ2) is 5.54.